The molecule has 0 unspecified atom stereocenters. The van der Waals surface area contributed by atoms with Gasteiger partial charge in [-0.1, -0.05) is 25.4 Å². The van der Waals surface area contributed by atoms with Gasteiger partial charge in [-0.2, -0.15) is 0 Å². The van der Waals surface area contributed by atoms with Crippen LogP contribution in [0.25, 0.3) is 0 Å². The van der Waals surface area contributed by atoms with Crippen LogP contribution < -0.4 is 10.6 Å². The Morgan fingerprint density at radius 1 is 1.47 bits per heavy atom. The van der Waals surface area contributed by atoms with Crippen LogP contribution in [0.3, 0.4) is 0 Å². The molecular formula is C13H18BrClN2O2. The fraction of sp³-hybridized carbons (Fsp3) is 0.462. The Hall–Kier alpha value is -0.780. The number of nitrogens with one attached hydrogen (secondary N) is 2. The van der Waals surface area contributed by atoms with Gasteiger partial charge in [0.2, 0.25) is 0 Å². The van der Waals surface area contributed by atoms with E-state index in [1.807, 2.05) is 13.8 Å². The first kappa shape index (κ1) is 16.3. The highest BCUT2D eigenvalue weighted by Crippen LogP contribution is 2.25. The summed E-state index contributed by atoms with van der Waals surface area (Å²) in [5.41, 5.74) is 0.519. The number of carbonyl (C=O) groups is 1. The molecule has 0 aliphatic heterocycles. The Kier molecular flexibility index (Phi) is 6.10. The van der Waals surface area contributed by atoms with E-state index in [-0.39, 0.29) is 18.1 Å². The molecule has 0 spiro atoms. The molecule has 2 amide bonds. The molecule has 0 saturated heterocycles. The summed E-state index contributed by atoms with van der Waals surface area (Å²) in [5, 5.41) is 15.0. The number of carbonyl (C=O) groups excluding carboxylic acids is 1. The topological polar surface area (TPSA) is 61.4 Å². The number of amides is 2. The van der Waals surface area contributed by atoms with E-state index < -0.39 is 0 Å². The Balaban J connectivity index is 2.52. The summed E-state index contributed by atoms with van der Waals surface area (Å²) in [6.45, 7) is 4.58. The van der Waals surface area contributed by atoms with Crippen molar-refractivity contribution < 1.29 is 9.90 Å². The van der Waals surface area contributed by atoms with Gasteiger partial charge in [0.05, 0.1) is 5.69 Å². The summed E-state index contributed by atoms with van der Waals surface area (Å²) in [4.78, 5) is 11.8. The van der Waals surface area contributed by atoms with Gasteiger partial charge in [-0.15, -0.1) is 0 Å². The van der Waals surface area contributed by atoms with Crippen molar-refractivity contribution in [3.05, 3.63) is 27.7 Å². The maximum absolute atomic E-state index is 11.8. The fourth-order valence-corrected chi connectivity index (χ4v) is 2.25. The summed E-state index contributed by atoms with van der Waals surface area (Å²) in [6, 6.07) is 4.86. The zero-order valence-corrected chi connectivity index (χ0v) is 13.3. The molecule has 0 fully saturated rings. The molecule has 0 heterocycles. The van der Waals surface area contributed by atoms with E-state index in [0.717, 1.165) is 4.47 Å². The maximum Gasteiger partial charge on any atom is 0.319 e. The quantitative estimate of drug-likeness (QED) is 0.760. The molecule has 3 N–H and O–H groups in total. The van der Waals surface area contributed by atoms with Gasteiger partial charge in [0, 0.05) is 22.6 Å². The molecule has 106 valence electrons. The summed E-state index contributed by atoms with van der Waals surface area (Å²) in [5.74, 6) is 0. The first-order chi connectivity index (χ1) is 8.84. The SMILES string of the molecule is CC(C)(CCO)CNC(=O)Nc1ccc(Cl)cc1Br. The second-order valence-electron chi connectivity index (χ2n) is 5.07. The Morgan fingerprint density at radius 2 is 2.16 bits per heavy atom. The van der Waals surface area contributed by atoms with E-state index in [4.69, 9.17) is 16.7 Å². The van der Waals surface area contributed by atoms with Crippen LogP contribution >= 0.6 is 27.5 Å². The van der Waals surface area contributed by atoms with Crippen molar-refractivity contribution in [3.63, 3.8) is 0 Å². The zero-order valence-electron chi connectivity index (χ0n) is 11.0. The van der Waals surface area contributed by atoms with Crippen LogP contribution in [-0.4, -0.2) is 24.3 Å². The number of hydrogen-bond donors (Lipinski definition) is 3. The van der Waals surface area contributed by atoms with Crippen molar-refractivity contribution in [2.75, 3.05) is 18.5 Å². The molecule has 6 heteroatoms. The Morgan fingerprint density at radius 3 is 2.74 bits per heavy atom. The molecule has 0 aliphatic rings. The van der Waals surface area contributed by atoms with Gasteiger partial charge < -0.3 is 15.7 Å². The van der Waals surface area contributed by atoms with E-state index in [9.17, 15) is 4.79 Å². The normalized spacial score (nSPS) is 11.2. The van der Waals surface area contributed by atoms with Gasteiger partial charge in [-0.25, -0.2) is 4.79 Å². The minimum Gasteiger partial charge on any atom is -0.396 e. The van der Waals surface area contributed by atoms with E-state index in [1.165, 1.54) is 0 Å². The largest absolute Gasteiger partial charge is 0.396 e. The predicted molar refractivity (Wildman–Crippen MR) is 81.7 cm³/mol. The number of halogens is 2. The molecule has 1 rings (SSSR count). The average molecular weight is 350 g/mol. The predicted octanol–water partition coefficient (Wildman–Crippen LogP) is 3.63. The standard InChI is InChI=1S/C13H18BrClN2O2/c1-13(2,5-6-18)8-16-12(19)17-11-4-3-9(15)7-10(11)14/h3-4,7,18H,5-6,8H2,1-2H3,(H2,16,17,19). The number of anilines is 1. The number of aliphatic hydroxyl groups is 1. The highest BCUT2D eigenvalue weighted by atomic mass is 79.9. The lowest BCUT2D eigenvalue weighted by Crippen LogP contribution is -2.37. The zero-order chi connectivity index (χ0) is 14.5. The highest BCUT2D eigenvalue weighted by molar-refractivity contribution is 9.10. The van der Waals surface area contributed by atoms with E-state index in [2.05, 4.69) is 26.6 Å². The Labute approximate surface area is 126 Å². The van der Waals surface area contributed by atoms with Gasteiger partial charge >= 0.3 is 6.03 Å². The lowest BCUT2D eigenvalue weighted by molar-refractivity contribution is 0.204. The fourth-order valence-electron chi connectivity index (χ4n) is 1.47. The van der Waals surface area contributed by atoms with Crippen molar-refractivity contribution in [2.24, 2.45) is 5.41 Å². The van der Waals surface area contributed by atoms with Crippen LogP contribution in [0.5, 0.6) is 0 Å². The minimum absolute atomic E-state index is 0.110. The molecule has 0 bridgehead atoms. The molecular weight excluding hydrogens is 332 g/mol. The van der Waals surface area contributed by atoms with Crippen molar-refractivity contribution in [2.45, 2.75) is 20.3 Å². The van der Waals surface area contributed by atoms with Gasteiger partial charge in [0.25, 0.3) is 0 Å². The average Bonchev–Trinajstić information content (AvgIpc) is 2.30. The molecule has 0 saturated carbocycles. The molecule has 0 aromatic heterocycles. The monoisotopic (exact) mass is 348 g/mol. The molecule has 0 radical (unpaired) electrons. The second kappa shape index (κ2) is 7.12. The van der Waals surface area contributed by atoms with Gasteiger partial charge in [0.1, 0.15) is 0 Å². The number of hydrogen-bond acceptors (Lipinski definition) is 2. The third-order valence-corrected chi connectivity index (χ3v) is 3.59. The van der Waals surface area contributed by atoms with E-state index >= 15 is 0 Å². The summed E-state index contributed by atoms with van der Waals surface area (Å²) < 4.78 is 0.727. The van der Waals surface area contributed by atoms with Crippen LogP contribution in [0.2, 0.25) is 5.02 Å². The van der Waals surface area contributed by atoms with Gasteiger partial charge in [-0.05, 0) is 46.0 Å². The molecule has 1 aromatic carbocycles. The second-order valence-corrected chi connectivity index (χ2v) is 6.36. The number of urea groups is 1. The molecule has 1 aromatic rings. The lowest BCUT2D eigenvalue weighted by atomic mass is 9.90. The van der Waals surface area contributed by atoms with Crippen molar-refractivity contribution in [1.29, 1.82) is 0 Å². The third kappa shape index (κ3) is 5.80. The van der Waals surface area contributed by atoms with Crippen LogP contribution in [0.4, 0.5) is 10.5 Å². The van der Waals surface area contributed by atoms with Crippen molar-refractivity contribution >= 4 is 39.2 Å². The molecule has 4 nitrogen and oxygen atoms in total. The number of aliphatic hydroxyl groups excluding tert-OH is 1. The van der Waals surface area contributed by atoms with E-state index in [1.54, 1.807) is 18.2 Å². The highest BCUT2D eigenvalue weighted by Gasteiger charge is 2.18. The van der Waals surface area contributed by atoms with Gasteiger partial charge in [-0.3, -0.25) is 0 Å². The summed E-state index contributed by atoms with van der Waals surface area (Å²) >= 11 is 9.16. The van der Waals surface area contributed by atoms with Crippen LogP contribution in [0.1, 0.15) is 20.3 Å². The first-order valence-electron chi connectivity index (χ1n) is 5.95. The van der Waals surface area contributed by atoms with Crippen molar-refractivity contribution in [1.82, 2.24) is 5.32 Å². The Bertz CT molecular complexity index is 452. The van der Waals surface area contributed by atoms with Gasteiger partial charge in [0.15, 0.2) is 0 Å². The molecule has 0 atom stereocenters. The van der Waals surface area contributed by atoms with Crippen molar-refractivity contribution in [3.8, 4) is 0 Å². The summed E-state index contributed by atoms with van der Waals surface area (Å²) in [6.07, 6.45) is 0.637. The van der Waals surface area contributed by atoms with Crippen LogP contribution in [-0.2, 0) is 0 Å². The molecule has 0 aliphatic carbocycles. The number of rotatable bonds is 5. The first-order valence-corrected chi connectivity index (χ1v) is 7.12. The third-order valence-electron chi connectivity index (χ3n) is 2.70. The molecule has 19 heavy (non-hydrogen) atoms. The smallest absolute Gasteiger partial charge is 0.319 e. The lowest BCUT2D eigenvalue weighted by Gasteiger charge is -2.23. The maximum atomic E-state index is 11.8. The van der Waals surface area contributed by atoms with Crippen LogP contribution in [0.15, 0.2) is 22.7 Å². The van der Waals surface area contributed by atoms with E-state index in [0.29, 0.717) is 23.7 Å². The minimum atomic E-state index is -0.283. The number of benzene rings is 1. The summed E-state index contributed by atoms with van der Waals surface area (Å²) in [7, 11) is 0. The van der Waals surface area contributed by atoms with Crippen LogP contribution in [0, 0.1) is 5.41 Å².